The van der Waals surface area contributed by atoms with Gasteiger partial charge in [0.25, 0.3) is 0 Å². The Hall–Kier alpha value is -4.00. The predicted octanol–water partition coefficient (Wildman–Crippen LogP) is -22.2. The Balaban J connectivity index is 0.943. The van der Waals surface area contributed by atoms with Gasteiger partial charge in [0.1, 0.15) is 244 Å². The van der Waals surface area contributed by atoms with Crippen molar-refractivity contribution in [1.29, 1.82) is 0 Å². The highest BCUT2D eigenvalue weighted by atomic mass is 16.8. The van der Waals surface area contributed by atoms with Gasteiger partial charge in [-0.05, 0) is 0 Å². The minimum absolute atomic E-state index is 0.813. The van der Waals surface area contributed by atoms with Gasteiger partial charge in [-0.3, -0.25) is 19.2 Å². The number of carbonyl (C=O) groups excluding carboxylic acids is 4. The van der Waals surface area contributed by atoms with Crippen molar-refractivity contribution < 1.29 is 252 Å². The molecule has 0 unspecified atom stereocenters. The zero-order valence-corrected chi connectivity index (χ0v) is 65.9. The summed E-state index contributed by atoms with van der Waals surface area (Å²) < 4.78 is 111. The van der Waals surface area contributed by atoms with Crippen LogP contribution in [0.4, 0.5) is 0 Å². The largest absolute Gasteiger partial charge is 0.394 e. The maximum absolute atomic E-state index is 13.2. The van der Waals surface area contributed by atoms with E-state index in [9.17, 15) is 162 Å². The molecule has 10 fully saturated rings. The highest BCUT2D eigenvalue weighted by Crippen LogP contribution is 2.41. The van der Waals surface area contributed by atoms with Gasteiger partial charge in [0.15, 0.2) is 62.9 Å². The molecule has 55 heteroatoms. The Morgan fingerprint density at radius 3 is 0.724 bits per heavy atom. The second kappa shape index (κ2) is 44.3. The third-order valence-electron chi connectivity index (χ3n) is 22.5. The van der Waals surface area contributed by atoms with Gasteiger partial charge in [0.2, 0.25) is 23.6 Å². The van der Waals surface area contributed by atoms with Gasteiger partial charge in [-0.2, -0.15) is 0 Å². The average Bonchev–Trinajstić information content (AvgIpc) is 0.765. The number of aliphatic hydroxyl groups is 28. The van der Waals surface area contributed by atoms with Crippen LogP contribution in [0.15, 0.2) is 0 Å². The third kappa shape index (κ3) is 22.3. The fourth-order valence-electron chi connectivity index (χ4n) is 16.0. The molecule has 123 heavy (non-hydrogen) atoms. The zero-order chi connectivity index (χ0) is 90.5. The molecule has 10 heterocycles. The summed E-state index contributed by atoms with van der Waals surface area (Å²) in [6.45, 7) is -7.26. The van der Waals surface area contributed by atoms with Crippen LogP contribution in [-0.2, 0) is 109 Å². The first-order valence-electron chi connectivity index (χ1n) is 39.1. The minimum Gasteiger partial charge on any atom is -0.394 e. The summed E-state index contributed by atoms with van der Waals surface area (Å²) in [6.07, 6.45) is -95.7. The maximum Gasteiger partial charge on any atom is 0.217 e. The first-order valence-corrected chi connectivity index (χ1v) is 39.1. The molecule has 0 bridgehead atoms. The van der Waals surface area contributed by atoms with Crippen LogP contribution in [0.3, 0.4) is 0 Å². The molecule has 50 atom stereocenters. The van der Waals surface area contributed by atoms with Crippen molar-refractivity contribution in [3.05, 3.63) is 0 Å². The summed E-state index contributed by atoms with van der Waals surface area (Å²) in [5, 5.41) is 320. The first kappa shape index (κ1) is 101. The van der Waals surface area contributed by atoms with Crippen LogP contribution in [0.1, 0.15) is 27.7 Å². The highest BCUT2D eigenvalue weighted by molar-refractivity contribution is 5.74. The molecule has 10 aliphatic heterocycles. The molecule has 0 radical (unpaired) electrons. The molecule has 10 saturated heterocycles. The molecule has 0 spiro atoms. The van der Waals surface area contributed by atoms with Crippen molar-refractivity contribution in [2.24, 2.45) is 0 Å². The Morgan fingerprint density at radius 2 is 0.423 bits per heavy atom. The van der Waals surface area contributed by atoms with E-state index in [0.29, 0.717) is 0 Å². The number of hydrogen-bond donors (Lipinski definition) is 32. The molecule has 10 rings (SSSR count). The summed E-state index contributed by atoms with van der Waals surface area (Å²) in [4.78, 5) is 51.8. The molecule has 0 saturated carbocycles. The summed E-state index contributed by atoms with van der Waals surface area (Å²) in [5.74, 6) is -3.81. The summed E-state index contributed by atoms with van der Waals surface area (Å²) in [7, 11) is 0. The monoisotopic (exact) mass is 1800 g/mol. The van der Waals surface area contributed by atoms with E-state index in [1.54, 1.807) is 0 Å². The smallest absolute Gasteiger partial charge is 0.217 e. The number of rotatable bonds is 32. The molecule has 0 aromatic heterocycles. The number of aliphatic hydroxyl groups excluding tert-OH is 28. The molecule has 0 aromatic rings. The molecule has 10 aliphatic rings. The molecule has 0 aliphatic carbocycles. The highest BCUT2D eigenvalue weighted by Gasteiger charge is 2.62. The quantitative estimate of drug-likeness (QED) is 0.0297. The first-order chi connectivity index (χ1) is 58.2. The van der Waals surface area contributed by atoms with Gasteiger partial charge >= 0.3 is 0 Å². The zero-order valence-electron chi connectivity index (χ0n) is 65.9. The van der Waals surface area contributed by atoms with Gasteiger partial charge in [-0.15, -0.1) is 0 Å². The summed E-state index contributed by atoms with van der Waals surface area (Å²) >= 11 is 0. The van der Waals surface area contributed by atoms with Crippen LogP contribution >= 0.6 is 0 Å². The van der Waals surface area contributed by atoms with Gasteiger partial charge in [-0.1, -0.05) is 0 Å². The van der Waals surface area contributed by atoms with E-state index in [2.05, 4.69) is 21.3 Å². The van der Waals surface area contributed by atoms with Crippen LogP contribution < -0.4 is 21.3 Å². The second-order valence-corrected chi connectivity index (χ2v) is 31.0. The van der Waals surface area contributed by atoms with E-state index in [0.717, 1.165) is 27.7 Å². The van der Waals surface area contributed by atoms with E-state index in [1.807, 2.05) is 0 Å². The van der Waals surface area contributed by atoms with Gasteiger partial charge in [0.05, 0.1) is 66.1 Å². The molecule has 0 aromatic carbocycles. The average molecular weight is 1800 g/mol. The Labute approximate surface area is 695 Å². The summed E-state index contributed by atoms with van der Waals surface area (Å²) in [5.41, 5.74) is 0. The fourth-order valence-corrected chi connectivity index (χ4v) is 16.0. The fraction of sp³-hybridized carbons (Fsp3) is 0.941. The van der Waals surface area contributed by atoms with Crippen LogP contribution in [0.2, 0.25) is 0 Å². The Bertz CT molecular complexity index is 3310. The number of nitrogens with one attached hydrogen (secondary N) is 4. The van der Waals surface area contributed by atoms with Crippen molar-refractivity contribution in [2.45, 2.75) is 335 Å². The number of hydrogen-bond acceptors (Lipinski definition) is 51. The van der Waals surface area contributed by atoms with E-state index < -0.39 is 397 Å². The minimum atomic E-state index is -2.57. The lowest BCUT2D eigenvalue weighted by atomic mass is 9.93. The van der Waals surface area contributed by atoms with Crippen LogP contribution in [-0.4, -0.2) is 539 Å². The number of amides is 4. The summed E-state index contributed by atoms with van der Waals surface area (Å²) in [6, 6.07) is -7.72. The maximum atomic E-state index is 13.2. The van der Waals surface area contributed by atoms with Gasteiger partial charge in [-0.25, -0.2) is 0 Å². The molecule has 4 amide bonds. The Kier molecular flexibility index (Phi) is 36.4. The molecular weight excluding hydrogens is 1690 g/mol. The molecular formula is C68H114N4O51. The SMILES string of the molecule is CC(=O)N[C@@H]1[C@@H](O[C@@H]2O[C@H](CO)[C@H](O)[C@H](O[C@@H]3O[C@H](CO)[C@@H](O[C@@H]4O[C@H](CO[C@@H]5O[C@H](CO)[C@@H](O[C@@H]6O[C@H](CO)[C@H](O)[C@H](O[C@@H]7O[C@H](CO)[C@H](O)[C@H](O)[C@H]7O)[C@H]6O)[C@H](O)[C@H]5NC(C)=O)[C@H](O)[C@H](O[C@@H]5O[C@H](CO)[C@@H](O[C@@H]6O[C@H](CO)[C@H](O)[C@H](O[C@@H]7O[C@H](CO)[C@H](O)[C@H](O)[C@H]7O)[C@H]6O)[C@H](O)[C@H]5NC(C)=O)[C@H]4O)[C@H](O)[C@H]3NC(C)=O)[C@H]2O)[C@@H](O)[C@@H](CO)O[C@@H]1O. The van der Waals surface area contributed by atoms with Crippen LogP contribution in [0.5, 0.6) is 0 Å². The van der Waals surface area contributed by atoms with E-state index in [-0.39, 0.29) is 0 Å². The lowest BCUT2D eigenvalue weighted by Gasteiger charge is -2.51. The van der Waals surface area contributed by atoms with Crippen molar-refractivity contribution in [2.75, 3.05) is 66.1 Å². The third-order valence-corrected chi connectivity index (χ3v) is 22.5. The van der Waals surface area contributed by atoms with E-state index in [1.165, 1.54) is 0 Å². The van der Waals surface area contributed by atoms with Crippen molar-refractivity contribution >= 4 is 23.6 Å². The standard InChI is InChI=1S/C68H114N4O51/c1-15(82)69-29-40(93)51(116-65-48(101)56(37(90)23(9-77)109-65)122-63-45(98)43(96)33(86)19(5-73)107-63)25(11-79)112-60(29)105-14-28-39(92)58(121-62-31(71-17(3)84)41(94)52(26(12-80)114-62)117-66-49(102)57(38(91)24(10-78)110-66)123-64-46(99)44(97)34(87)20(6-74)108-64)50(103)68(115-28)118-53-27(13-81)113-61(30(42(53)95)70-16(2)83)120-55-36(89)22(8-76)111-67(47(55)100)119-54-32(72-18(4)85)59(104)106-21(7-75)35(54)88/h19-68,73-81,86-104H,5-14H2,1-4H3,(H,69,82)(H,70,83)(H,71,84)(H,72,85)/t19-,20-,21-,22-,23-,24-,25-,26-,27-,28-,29-,30-,31-,32-,33+,34+,35+,36+,37+,38+,39+,40-,41-,42-,43+,44+,45-,46-,47-,48-,49-,50-,51-,52-,53-,54-,55+,56+,57+,58+,59+,60-,61+,62+,63+,64+,65+,66+,67+,68+/m1/s1. The number of ether oxygens (including phenoxy) is 19. The van der Waals surface area contributed by atoms with Gasteiger partial charge < -0.3 is 254 Å². The van der Waals surface area contributed by atoms with Crippen molar-refractivity contribution in [3.63, 3.8) is 0 Å². The number of carbonyl (C=O) groups is 4. The lowest BCUT2D eigenvalue weighted by molar-refractivity contribution is -0.391. The molecule has 712 valence electrons. The van der Waals surface area contributed by atoms with E-state index in [4.69, 9.17) is 90.0 Å². The predicted molar refractivity (Wildman–Crippen MR) is 376 cm³/mol. The normalized spacial score (nSPS) is 49.4. The van der Waals surface area contributed by atoms with Crippen molar-refractivity contribution in [1.82, 2.24) is 21.3 Å². The van der Waals surface area contributed by atoms with Crippen LogP contribution in [0, 0.1) is 0 Å². The molecule has 55 nitrogen and oxygen atoms in total. The van der Waals surface area contributed by atoms with Crippen LogP contribution in [0.25, 0.3) is 0 Å². The topological polar surface area (TPSA) is 858 Å². The second-order valence-electron chi connectivity index (χ2n) is 31.0. The lowest BCUT2D eigenvalue weighted by Crippen LogP contribution is -2.71. The Morgan fingerprint density at radius 1 is 0.211 bits per heavy atom. The van der Waals surface area contributed by atoms with Crippen molar-refractivity contribution in [3.8, 4) is 0 Å². The van der Waals surface area contributed by atoms with E-state index >= 15 is 0 Å². The molecule has 32 N–H and O–H groups in total. The van der Waals surface area contributed by atoms with Gasteiger partial charge in [0, 0.05) is 27.7 Å².